The molecule has 0 amide bonds. The number of ketones is 1. The smallest absolute Gasteiger partial charge is 0.162 e. The molecule has 0 fully saturated rings. The third-order valence-corrected chi connectivity index (χ3v) is 3.99. The number of nitrogens with two attached hydrogens (primary N) is 1. The quantitative estimate of drug-likeness (QED) is 0.422. The van der Waals surface area contributed by atoms with E-state index in [2.05, 4.69) is 6.92 Å². The zero-order chi connectivity index (χ0) is 15.3. The largest absolute Gasteiger partial charge is 0.326 e. The van der Waals surface area contributed by atoms with Gasteiger partial charge in [0.15, 0.2) is 5.78 Å². The van der Waals surface area contributed by atoms with Crippen LogP contribution in [0.15, 0.2) is 24.3 Å². The van der Waals surface area contributed by atoms with Crippen LogP contribution in [0.5, 0.6) is 0 Å². The van der Waals surface area contributed by atoms with Gasteiger partial charge in [-0.2, -0.15) is 0 Å². The Morgan fingerprint density at radius 1 is 0.952 bits per heavy atom. The number of carbonyl (C=O) groups is 1. The summed E-state index contributed by atoms with van der Waals surface area (Å²) in [6.45, 7) is 2.75. The highest BCUT2D eigenvalue weighted by Crippen LogP contribution is 2.13. The van der Waals surface area contributed by atoms with Crippen molar-refractivity contribution in [3.8, 4) is 0 Å². The molecule has 118 valence electrons. The van der Waals surface area contributed by atoms with Gasteiger partial charge in [-0.25, -0.2) is 0 Å². The van der Waals surface area contributed by atoms with Gasteiger partial charge in [0.25, 0.3) is 0 Å². The summed E-state index contributed by atoms with van der Waals surface area (Å²) < 4.78 is 0. The van der Waals surface area contributed by atoms with Gasteiger partial charge in [-0.3, -0.25) is 4.79 Å². The second kappa shape index (κ2) is 11.5. The van der Waals surface area contributed by atoms with Crippen LogP contribution in [0.25, 0.3) is 0 Å². The molecule has 1 aromatic rings. The van der Waals surface area contributed by atoms with Gasteiger partial charge in [0.2, 0.25) is 0 Å². The van der Waals surface area contributed by atoms with Crippen molar-refractivity contribution < 1.29 is 4.79 Å². The van der Waals surface area contributed by atoms with E-state index in [9.17, 15) is 4.79 Å². The van der Waals surface area contributed by atoms with Crippen LogP contribution in [0.3, 0.4) is 0 Å². The van der Waals surface area contributed by atoms with Gasteiger partial charge in [0.1, 0.15) is 0 Å². The van der Waals surface area contributed by atoms with E-state index in [0.29, 0.717) is 13.0 Å². The minimum Gasteiger partial charge on any atom is -0.326 e. The van der Waals surface area contributed by atoms with Crippen LogP contribution in [-0.2, 0) is 6.54 Å². The molecule has 1 aromatic carbocycles. The summed E-state index contributed by atoms with van der Waals surface area (Å²) in [5.74, 6) is 0.258. The van der Waals surface area contributed by atoms with Crippen LogP contribution < -0.4 is 5.73 Å². The summed E-state index contributed by atoms with van der Waals surface area (Å²) in [7, 11) is 0. The van der Waals surface area contributed by atoms with E-state index in [1.54, 1.807) is 0 Å². The molecule has 0 aromatic heterocycles. The summed E-state index contributed by atoms with van der Waals surface area (Å²) in [4.78, 5) is 12.1. The summed E-state index contributed by atoms with van der Waals surface area (Å²) in [5.41, 5.74) is 7.46. The number of hydrogen-bond acceptors (Lipinski definition) is 2. The molecular formula is C19H31NO. The normalized spacial score (nSPS) is 10.8. The molecule has 0 aliphatic heterocycles. The first-order chi connectivity index (χ1) is 10.3. The first kappa shape index (κ1) is 17.9. The molecule has 21 heavy (non-hydrogen) atoms. The van der Waals surface area contributed by atoms with Crippen molar-refractivity contribution in [3.63, 3.8) is 0 Å². The summed E-state index contributed by atoms with van der Waals surface area (Å²) in [6, 6.07) is 7.71. The molecule has 0 saturated heterocycles. The Bertz CT molecular complexity index is 400. The van der Waals surface area contributed by atoms with Crippen LogP contribution in [0.4, 0.5) is 0 Å². The molecule has 0 spiro atoms. The molecule has 0 atom stereocenters. The molecule has 0 unspecified atom stereocenters. The van der Waals surface area contributed by atoms with Gasteiger partial charge >= 0.3 is 0 Å². The second-order valence-corrected chi connectivity index (χ2v) is 5.91. The Morgan fingerprint density at radius 3 is 2.19 bits per heavy atom. The zero-order valence-corrected chi connectivity index (χ0v) is 13.6. The van der Waals surface area contributed by atoms with E-state index in [-0.39, 0.29) is 5.78 Å². The first-order valence-corrected chi connectivity index (χ1v) is 8.60. The van der Waals surface area contributed by atoms with Gasteiger partial charge in [-0.05, 0) is 18.1 Å². The van der Waals surface area contributed by atoms with Crippen LogP contribution in [-0.4, -0.2) is 5.78 Å². The van der Waals surface area contributed by atoms with Gasteiger partial charge in [-0.1, -0.05) is 76.5 Å². The highest BCUT2D eigenvalue weighted by molar-refractivity contribution is 5.96. The van der Waals surface area contributed by atoms with Crippen LogP contribution in [0.1, 0.15) is 87.1 Å². The number of rotatable bonds is 12. The van der Waals surface area contributed by atoms with E-state index >= 15 is 0 Å². The van der Waals surface area contributed by atoms with E-state index in [1.165, 1.54) is 51.4 Å². The Kier molecular flexibility index (Phi) is 9.81. The Labute approximate surface area is 130 Å². The molecular weight excluding hydrogens is 258 g/mol. The van der Waals surface area contributed by atoms with Gasteiger partial charge in [0.05, 0.1) is 0 Å². The molecule has 0 radical (unpaired) electrons. The van der Waals surface area contributed by atoms with Crippen molar-refractivity contribution in [1.82, 2.24) is 0 Å². The molecule has 2 N–H and O–H groups in total. The fourth-order valence-electron chi connectivity index (χ4n) is 2.61. The lowest BCUT2D eigenvalue weighted by molar-refractivity contribution is 0.0979. The zero-order valence-electron chi connectivity index (χ0n) is 13.6. The minimum absolute atomic E-state index is 0.258. The van der Waals surface area contributed by atoms with Crippen molar-refractivity contribution in [2.45, 2.75) is 77.7 Å². The topological polar surface area (TPSA) is 43.1 Å². The van der Waals surface area contributed by atoms with Gasteiger partial charge in [-0.15, -0.1) is 0 Å². The van der Waals surface area contributed by atoms with Crippen LogP contribution in [0.2, 0.25) is 0 Å². The Hall–Kier alpha value is -1.15. The highest BCUT2D eigenvalue weighted by Gasteiger charge is 2.05. The van der Waals surface area contributed by atoms with E-state index in [0.717, 1.165) is 17.5 Å². The molecule has 0 aliphatic carbocycles. The van der Waals surface area contributed by atoms with Crippen molar-refractivity contribution in [3.05, 3.63) is 35.4 Å². The number of benzene rings is 1. The maximum absolute atomic E-state index is 12.1. The lowest BCUT2D eigenvalue weighted by atomic mass is 10.0. The van der Waals surface area contributed by atoms with Crippen molar-refractivity contribution in [2.24, 2.45) is 5.73 Å². The molecule has 2 heteroatoms. The SMILES string of the molecule is CCCCCCCCCCCC(=O)c1cccc(CN)c1. The standard InChI is InChI=1S/C19H31NO/c1-2-3-4-5-6-7-8-9-10-14-19(21)18-13-11-12-17(15-18)16-20/h11-13,15H,2-10,14,16,20H2,1H3. The predicted octanol–water partition coefficient (Wildman–Crippen LogP) is 5.25. The number of unbranched alkanes of at least 4 members (excludes halogenated alkanes) is 8. The van der Waals surface area contributed by atoms with Crippen LogP contribution in [0, 0.1) is 0 Å². The number of Topliss-reactive ketones (excluding diaryl/α,β-unsaturated/α-hetero) is 1. The second-order valence-electron chi connectivity index (χ2n) is 5.91. The molecule has 0 bridgehead atoms. The van der Waals surface area contributed by atoms with E-state index in [1.807, 2.05) is 24.3 Å². The molecule has 0 aliphatic rings. The molecule has 0 heterocycles. The average molecular weight is 289 g/mol. The predicted molar refractivity (Wildman–Crippen MR) is 90.5 cm³/mol. The maximum atomic E-state index is 12.1. The number of carbonyl (C=O) groups excluding carboxylic acids is 1. The molecule has 0 saturated carbocycles. The third-order valence-electron chi connectivity index (χ3n) is 3.99. The Morgan fingerprint density at radius 2 is 1.57 bits per heavy atom. The minimum atomic E-state index is 0.258. The van der Waals surface area contributed by atoms with Crippen molar-refractivity contribution in [1.29, 1.82) is 0 Å². The summed E-state index contributed by atoms with van der Waals surface area (Å²) in [6.07, 6.45) is 12.2. The molecule has 2 nitrogen and oxygen atoms in total. The van der Waals surface area contributed by atoms with Crippen LogP contribution >= 0.6 is 0 Å². The maximum Gasteiger partial charge on any atom is 0.162 e. The fourth-order valence-corrected chi connectivity index (χ4v) is 2.61. The van der Waals surface area contributed by atoms with E-state index < -0.39 is 0 Å². The summed E-state index contributed by atoms with van der Waals surface area (Å²) >= 11 is 0. The van der Waals surface area contributed by atoms with Gasteiger partial charge in [0, 0.05) is 18.5 Å². The van der Waals surface area contributed by atoms with Crippen molar-refractivity contribution in [2.75, 3.05) is 0 Å². The van der Waals surface area contributed by atoms with Gasteiger partial charge < -0.3 is 5.73 Å². The monoisotopic (exact) mass is 289 g/mol. The van der Waals surface area contributed by atoms with E-state index in [4.69, 9.17) is 5.73 Å². The van der Waals surface area contributed by atoms with Crippen molar-refractivity contribution >= 4 is 5.78 Å². The lowest BCUT2D eigenvalue weighted by Crippen LogP contribution is -2.02. The summed E-state index contributed by atoms with van der Waals surface area (Å²) in [5, 5.41) is 0. The third kappa shape index (κ3) is 8.01. The Balaban J connectivity index is 2.08. The molecule has 1 rings (SSSR count). The lowest BCUT2D eigenvalue weighted by Gasteiger charge is -2.04. The number of hydrogen-bond donors (Lipinski definition) is 1. The fraction of sp³-hybridized carbons (Fsp3) is 0.632. The highest BCUT2D eigenvalue weighted by atomic mass is 16.1. The average Bonchev–Trinajstić information content (AvgIpc) is 2.53. The first-order valence-electron chi connectivity index (χ1n) is 8.60.